The van der Waals surface area contributed by atoms with E-state index in [-0.39, 0.29) is 43.5 Å². The van der Waals surface area contributed by atoms with Crippen LogP contribution in [0.5, 0.6) is 0 Å². The number of carbonyl (C=O) groups excluding carboxylic acids is 2. The van der Waals surface area contributed by atoms with Crippen molar-refractivity contribution in [3.63, 3.8) is 0 Å². The van der Waals surface area contributed by atoms with Gasteiger partial charge in [-0.1, -0.05) is 6.92 Å². The molecule has 254 valence electrons. The van der Waals surface area contributed by atoms with Crippen LogP contribution in [0.2, 0.25) is 0 Å². The lowest BCUT2D eigenvalue weighted by Crippen LogP contribution is -2.72. The van der Waals surface area contributed by atoms with Crippen molar-refractivity contribution in [3.05, 3.63) is 24.2 Å². The normalized spacial score (nSPS) is 49.9. The zero-order valence-electron chi connectivity index (χ0n) is 26.2. The largest absolute Gasteiger partial charge is 0.479 e. The molecular formula is C32H42O14. The van der Waals surface area contributed by atoms with E-state index in [1.54, 1.807) is 19.9 Å². The highest BCUT2D eigenvalue weighted by atomic mass is 16.7. The van der Waals surface area contributed by atoms with Crippen molar-refractivity contribution in [1.29, 1.82) is 0 Å². The van der Waals surface area contributed by atoms with Gasteiger partial charge in [-0.2, -0.15) is 0 Å². The number of carbonyl (C=O) groups is 3. The molecule has 2 spiro atoms. The molecule has 4 aliphatic heterocycles. The molecule has 4 saturated heterocycles. The van der Waals surface area contributed by atoms with Crippen LogP contribution < -0.4 is 0 Å². The minimum atomic E-state index is -1.74. The van der Waals surface area contributed by atoms with Crippen LogP contribution in [0.1, 0.15) is 65.0 Å². The molecule has 0 unspecified atom stereocenters. The summed E-state index contributed by atoms with van der Waals surface area (Å²) in [6, 6.07) is 1.61. The molecule has 0 aromatic carbocycles. The summed E-state index contributed by atoms with van der Waals surface area (Å²) in [5.74, 6) is -2.60. The van der Waals surface area contributed by atoms with Crippen LogP contribution in [0.3, 0.4) is 0 Å². The fourth-order valence-electron chi connectivity index (χ4n) is 10.5. The number of ketones is 1. The highest BCUT2D eigenvalue weighted by Gasteiger charge is 2.88. The van der Waals surface area contributed by atoms with Gasteiger partial charge < -0.3 is 53.6 Å². The molecule has 1 aromatic rings. The van der Waals surface area contributed by atoms with E-state index in [0.29, 0.717) is 12.0 Å². The Morgan fingerprint density at radius 3 is 2.41 bits per heavy atom. The number of carboxylic acids is 1. The van der Waals surface area contributed by atoms with Crippen LogP contribution in [0.15, 0.2) is 23.0 Å². The number of aliphatic hydroxyl groups is 4. The molecule has 14 atom stereocenters. The summed E-state index contributed by atoms with van der Waals surface area (Å²) in [5, 5.41) is 52.1. The van der Waals surface area contributed by atoms with Crippen molar-refractivity contribution in [2.45, 2.75) is 114 Å². The molecule has 46 heavy (non-hydrogen) atoms. The second kappa shape index (κ2) is 10.3. The minimum absolute atomic E-state index is 0.0199. The summed E-state index contributed by atoms with van der Waals surface area (Å²) in [5.41, 5.74) is -5.40. The van der Waals surface area contributed by atoms with Crippen molar-refractivity contribution < 1.29 is 68.0 Å². The van der Waals surface area contributed by atoms with Crippen LogP contribution in [0, 0.1) is 28.1 Å². The van der Waals surface area contributed by atoms with Crippen LogP contribution in [0.25, 0.3) is 0 Å². The fraction of sp³-hybridized carbons (Fsp3) is 0.781. The van der Waals surface area contributed by atoms with E-state index in [0.717, 1.165) is 0 Å². The second-order valence-electron chi connectivity index (χ2n) is 14.9. The van der Waals surface area contributed by atoms with E-state index in [1.165, 1.54) is 12.5 Å². The lowest BCUT2D eigenvalue weighted by atomic mass is 9.37. The quantitative estimate of drug-likeness (QED) is 0.209. The van der Waals surface area contributed by atoms with Crippen LogP contribution >= 0.6 is 0 Å². The number of furan rings is 1. The maximum atomic E-state index is 14.7. The molecule has 14 nitrogen and oxygen atoms in total. The number of carboxylic acid groups (broad SMARTS) is 1. The number of esters is 1. The second-order valence-corrected chi connectivity index (χ2v) is 14.9. The van der Waals surface area contributed by atoms with Crippen LogP contribution in [-0.4, -0.2) is 111 Å². The molecule has 6 fully saturated rings. The van der Waals surface area contributed by atoms with Crippen molar-refractivity contribution >= 4 is 17.7 Å². The average Bonchev–Trinajstić information content (AvgIpc) is 3.48. The molecule has 0 bridgehead atoms. The Morgan fingerprint density at radius 1 is 1.04 bits per heavy atom. The minimum Gasteiger partial charge on any atom is -0.479 e. The molecule has 0 amide bonds. The van der Waals surface area contributed by atoms with Gasteiger partial charge in [-0.15, -0.1) is 0 Å². The number of fused-ring (bicyclic) bond motifs is 2. The zero-order valence-corrected chi connectivity index (χ0v) is 26.2. The van der Waals surface area contributed by atoms with Gasteiger partial charge in [0, 0.05) is 28.7 Å². The molecule has 2 aliphatic carbocycles. The van der Waals surface area contributed by atoms with Gasteiger partial charge in [0.25, 0.3) is 0 Å². The average molecular weight is 651 g/mol. The molecule has 14 heteroatoms. The van der Waals surface area contributed by atoms with Gasteiger partial charge in [-0.25, -0.2) is 4.79 Å². The van der Waals surface area contributed by atoms with Crippen molar-refractivity contribution in [1.82, 2.24) is 0 Å². The molecule has 0 radical (unpaired) electrons. The lowest BCUT2D eigenvalue weighted by Gasteiger charge is -2.64. The fourth-order valence-corrected chi connectivity index (χ4v) is 10.5. The third kappa shape index (κ3) is 3.89. The summed E-state index contributed by atoms with van der Waals surface area (Å²) >= 11 is 0. The number of hydrogen-bond donors (Lipinski definition) is 5. The van der Waals surface area contributed by atoms with E-state index in [4.69, 9.17) is 28.1 Å². The summed E-state index contributed by atoms with van der Waals surface area (Å²) in [6.07, 6.45) is -7.39. The number of Topliss-reactive ketones (excluding diaryl/α,β-unsaturated/α-hetero) is 1. The van der Waals surface area contributed by atoms with Crippen molar-refractivity contribution in [3.8, 4) is 0 Å². The topological polar surface area (TPSA) is 215 Å². The van der Waals surface area contributed by atoms with Crippen molar-refractivity contribution in [2.24, 2.45) is 28.1 Å². The first kappa shape index (κ1) is 32.1. The van der Waals surface area contributed by atoms with E-state index < -0.39 is 95.0 Å². The van der Waals surface area contributed by atoms with Gasteiger partial charge >= 0.3 is 11.9 Å². The maximum absolute atomic E-state index is 14.7. The number of aliphatic carboxylic acids is 1. The standard InChI is InChI=1S/C32H42O14/c1-28(2)17-9-18(34)30(4)16(31(17)13-42-20(35)10-19(31)45-28)5-7-29(3,32(30)25(46-32)26(39)40)24(14-6-8-41-12-14)44-27-23(38)22(37)21(36)15(11-33)43-27/h6,8,12,15-17,19,21-25,27,33,36-38H,5,7,9-11,13H2,1-4H3,(H,39,40)/t15-,16+,17+,19+,21-,22+,23-,24+,25-,27-,29+,30+,31-,32-/m1/s1. The highest BCUT2D eigenvalue weighted by molar-refractivity contribution is 5.92. The van der Waals surface area contributed by atoms with Gasteiger partial charge in [0.15, 0.2) is 12.4 Å². The predicted octanol–water partition coefficient (Wildman–Crippen LogP) is 0.482. The van der Waals surface area contributed by atoms with Crippen molar-refractivity contribution in [2.75, 3.05) is 13.2 Å². The number of ether oxygens (including phenoxy) is 5. The van der Waals surface area contributed by atoms with Gasteiger partial charge in [0.1, 0.15) is 42.4 Å². The van der Waals surface area contributed by atoms with Crippen LogP contribution in [-0.2, 0) is 38.1 Å². The predicted molar refractivity (Wildman–Crippen MR) is 151 cm³/mol. The first-order chi connectivity index (χ1) is 21.6. The Labute approximate surface area is 264 Å². The summed E-state index contributed by atoms with van der Waals surface area (Å²) in [7, 11) is 0. The summed E-state index contributed by atoms with van der Waals surface area (Å²) in [6.45, 7) is 6.73. The number of aliphatic hydroxyl groups excluding tert-OH is 4. The molecule has 2 saturated carbocycles. The maximum Gasteiger partial charge on any atom is 0.335 e. The van der Waals surface area contributed by atoms with Gasteiger partial charge in [0.2, 0.25) is 0 Å². The third-order valence-corrected chi connectivity index (χ3v) is 12.6. The SMILES string of the molecule is CC1(C)O[C@H]2CC(=O)OC[C@]23[C@H]2CC[C@@](C)([C@@H](O[C@H]4O[C@H](CO)[C@@H](O)[C@H](O)[C@H]4O)c4ccoc4)[C@@]4(O[C@@H]4C(=O)O)[C@]2(C)C(=O)C[C@@H]13. The number of epoxide rings is 1. The van der Waals surface area contributed by atoms with Crippen LogP contribution in [0.4, 0.5) is 0 Å². The van der Waals surface area contributed by atoms with Gasteiger partial charge in [-0.3, -0.25) is 9.59 Å². The molecule has 6 aliphatic rings. The molecule has 5 N–H and O–H groups in total. The van der Waals surface area contributed by atoms with E-state index in [9.17, 15) is 39.9 Å². The first-order valence-corrected chi connectivity index (χ1v) is 15.9. The zero-order chi connectivity index (χ0) is 33.2. The Bertz CT molecular complexity index is 1410. The number of hydrogen-bond acceptors (Lipinski definition) is 13. The number of rotatable bonds is 6. The Morgan fingerprint density at radius 2 is 1.78 bits per heavy atom. The summed E-state index contributed by atoms with van der Waals surface area (Å²) in [4.78, 5) is 40.1. The molecule has 1 aromatic heterocycles. The van der Waals surface area contributed by atoms with E-state index in [1.807, 2.05) is 13.8 Å². The Kier molecular flexibility index (Phi) is 7.19. The number of cyclic esters (lactones) is 1. The van der Waals surface area contributed by atoms with E-state index in [2.05, 4.69) is 0 Å². The lowest BCUT2D eigenvalue weighted by molar-refractivity contribution is -0.328. The molecule has 7 rings (SSSR count). The summed E-state index contributed by atoms with van der Waals surface area (Å²) < 4.78 is 36.1. The van der Waals surface area contributed by atoms with Gasteiger partial charge in [0.05, 0.1) is 48.8 Å². The molecule has 5 heterocycles. The van der Waals surface area contributed by atoms with Gasteiger partial charge in [-0.05, 0) is 45.6 Å². The first-order valence-electron chi connectivity index (χ1n) is 15.9. The molecular weight excluding hydrogens is 608 g/mol. The highest BCUT2D eigenvalue weighted by Crippen LogP contribution is 2.78. The Hall–Kier alpha value is -2.43. The smallest absolute Gasteiger partial charge is 0.335 e. The van der Waals surface area contributed by atoms with E-state index >= 15 is 0 Å². The third-order valence-electron chi connectivity index (χ3n) is 12.6. The monoisotopic (exact) mass is 650 g/mol. The Balaban J connectivity index is 1.35.